The van der Waals surface area contributed by atoms with Crippen LogP contribution in [0.3, 0.4) is 0 Å². The summed E-state index contributed by atoms with van der Waals surface area (Å²) in [6.45, 7) is 2.69. The van der Waals surface area contributed by atoms with Crippen molar-refractivity contribution in [3.8, 4) is 11.5 Å². The van der Waals surface area contributed by atoms with E-state index in [1.807, 2.05) is 29.5 Å². The number of benzene rings is 2. The second-order valence-corrected chi connectivity index (χ2v) is 6.97. The van der Waals surface area contributed by atoms with Crippen molar-refractivity contribution in [2.24, 2.45) is 0 Å². The maximum absolute atomic E-state index is 14.4. The van der Waals surface area contributed by atoms with E-state index in [-0.39, 0.29) is 28.8 Å². The van der Waals surface area contributed by atoms with E-state index in [9.17, 15) is 13.2 Å². The first kappa shape index (κ1) is 19.5. The zero-order valence-electron chi connectivity index (χ0n) is 14.3. The van der Waals surface area contributed by atoms with Gasteiger partial charge < -0.3 is 15.1 Å². The minimum absolute atomic E-state index is 0.00183. The van der Waals surface area contributed by atoms with Gasteiger partial charge in [0, 0.05) is 10.1 Å². The maximum atomic E-state index is 14.4. The third kappa shape index (κ3) is 4.52. The number of aromatic nitrogens is 2. The summed E-state index contributed by atoms with van der Waals surface area (Å²) < 4.78 is 48.5. The molecule has 142 valence electrons. The van der Waals surface area contributed by atoms with Crippen molar-refractivity contribution in [1.29, 1.82) is 0 Å². The molecule has 0 aliphatic rings. The Labute approximate surface area is 167 Å². The highest BCUT2D eigenvalue weighted by Crippen LogP contribution is 2.34. The summed E-state index contributed by atoms with van der Waals surface area (Å²) >= 11 is 1.96. The fourth-order valence-electron chi connectivity index (χ4n) is 2.35. The lowest BCUT2D eigenvalue weighted by Gasteiger charge is -2.12. The van der Waals surface area contributed by atoms with Crippen LogP contribution < -0.4 is 10.6 Å². The van der Waals surface area contributed by atoms with Gasteiger partial charge >= 0.3 is 6.01 Å². The van der Waals surface area contributed by atoms with Crippen molar-refractivity contribution in [2.45, 2.75) is 19.8 Å². The van der Waals surface area contributed by atoms with E-state index in [1.54, 1.807) is 6.07 Å². The van der Waals surface area contributed by atoms with Crippen LogP contribution in [-0.2, 0) is 0 Å². The molecule has 0 amide bonds. The van der Waals surface area contributed by atoms with Crippen LogP contribution in [0.1, 0.15) is 19.8 Å². The van der Waals surface area contributed by atoms with Gasteiger partial charge in [-0.3, -0.25) is 0 Å². The Bertz CT molecular complexity index is 948. The van der Waals surface area contributed by atoms with Crippen molar-refractivity contribution in [3.63, 3.8) is 0 Å². The lowest BCUT2D eigenvalue weighted by Crippen LogP contribution is -2.01. The van der Waals surface area contributed by atoms with Crippen molar-refractivity contribution < 1.29 is 17.6 Å². The van der Waals surface area contributed by atoms with E-state index in [0.29, 0.717) is 10.1 Å². The van der Waals surface area contributed by atoms with Crippen LogP contribution in [0.2, 0.25) is 0 Å². The van der Waals surface area contributed by atoms with Crippen molar-refractivity contribution in [3.05, 3.63) is 51.4 Å². The first-order chi connectivity index (χ1) is 13.0. The number of nitrogens with zero attached hydrogens (tertiary/aromatic N) is 2. The number of rotatable bonds is 7. The Morgan fingerprint density at radius 1 is 1.07 bits per heavy atom. The summed E-state index contributed by atoms with van der Waals surface area (Å²) in [5.41, 5.74) is -0.149. The van der Waals surface area contributed by atoms with E-state index in [0.717, 1.165) is 18.9 Å². The molecule has 3 aromatic rings. The number of hydrogen-bond donors (Lipinski definition) is 2. The highest BCUT2D eigenvalue weighted by atomic mass is 127. The van der Waals surface area contributed by atoms with Crippen molar-refractivity contribution in [2.75, 3.05) is 17.2 Å². The first-order valence-electron chi connectivity index (χ1n) is 8.27. The Hall–Kier alpha value is -2.30. The Morgan fingerprint density at radius 2 is 1.89 bits per heavy atom. The fourth-order valence-corrected chi connectivity index (χ4v) is 2.81. The van der Waals surface area contributed by atoms with Gasteiger partial charge in [0.1, 0.15) is 5.82 Å². The maximum Gasteiger partial charge on any atom is 0.315 e. The SMILES string of the molecule is CCCCNc1nnc(-c2ccc(F)c(F)c2Nc2ccc(I)cc2F)o1. The Morgan fingerprint density at radius 3 is 2.63 bits per heavy atom. The first-order valence-corrected chi connectivity index (χ1v) is 9.35. The Kier molecular flexibility index (Phi) is 6.19. The summed E-state index contributed by atoms with van der Waals surface area (Å²) in [5, 5.41) is 13.3. The van der Waals surface area contributed by atoms with E-state index in [1.165, 1.54) is 18.2 Å². The molecule has 0 atom stereocenters. The quantitative estimate of drug-likeness (QED) is 0.330. The monoisotopic (exact) mass is 488 g/mol. The van der Waals surface area contributed by atoms with Crippen LogP contribution in [0, 0.1) is 21.0 Å². The van der Waals surface area contributed by atoms with Crippen molar-refractivity contribution in [1.82, 2.24) is 10.2 Å². The van der Waals surface area contributed by atoms with E-state index >= 15 is 0 Å². The molecule has 27 heavy (non-hydrogen) atoms. The molecule has 2 aromatic carbocycles. The smallest absolute Gasteiger partial charge is 0.315 e. The molecule has 0 radical (unpaired) electrons. The topological polar surface area (TPSA) is 63.0 Å². The molecule has 5 nitrogen and oxygen atoms in total. The van der Waals surface area contributed by atoms with Gasteiger partial charge in [-0.15, -0.1) is 5.10 Å². The molecular weight excluding hydrogens is 472 g/mol. The number of unbranched alkanes of at least 4 members (excludes halogenated alkanes) is 1. The lowest BCUT2D eigenvalue weighted by molar-refractivity contribution is 0.511. The predicted molar refractivity (Wildman–Crippen MR) is 105 cm³/mol. The largest absolute Gasteiger partial charge is 0.403 e. The summed E-state index contributed by atoms with van der Waals surface area (Å²) in [7, 11) is 0. The number of halogens is 4. The van der Waals surface area contributed by atoms with Crippen LogP contribution >= 0.6 is 22.6 Å². The molecule has 3 rings (SSSR count). The van der Waals surface area contributed by atoms with Gasteiger partial charge in [0.15, 0.2) is 11.6 Å². The van der Waals surface area contributed by atoms with E-state index < -0.39 is 17.5 Å². The molecule has 0 saturated heterocycles. The van der Waals surface area contributed by atoms with Crippen LogP contribution in [0.15, 0.2) is 34.7 Å². The summed E-state index contributed by atoms with van der Waals surface area (Å²) in [4.78, 5) is 0. The minimum Gasteiger partial charge on any atom is -0.403 e. The van der Waals surface area contributed by atoms with Crippen LogP contribution in [-0.4, -0.2) is 16.7 Å². The molecule has 1 heterocycles. The van der Waals surface area contributed by atoms with Gasteiger partial charge in [0.2, 0.25) is 0 Å². The zero-order chi connectivity index (χ0) is 19.4. The highest BCUT2D eigenvalue weighted by molar-refractivity contribution is 14.1. The normalized spacial score (nSPS) is 10.9. The predicted octanol–water partition coefficient (Wildman–Crippen LogP) is 5.71. The van der Waals surface area contributed by atoms with E-state index in [2.05, 4.69) is 20.8 Å². The summed E-state index contributed by atoms with van der Waals surface area (Å²) in [6, 6.07) is 6.79. The number of nitrogens with one attached hydrogen (secondary N) is 2. The van der Waals surface area contributed by atoms with Gasteiger partial charge in [-0.2, -0.15) is 0 Å². The third-order valence-electron chi connectivity index (χ3n) is 3.75. The third-order valence-corrected chi connectivity index (χ3v) is 4.42. The molecule has 1 aromatic heterocycles. The van der Waals surface area contributed by atoms with Gasteiger partial charge in [0.25, 0.3) is 5.89 Å². The number of anilines is 3. The second kappa shape index (κ2) is 8.59. The minimum atomic E-state index is -1.16. The highest BCUT2D eigenvalue weighted by Gasteiger charge is 2.20. The standard InChI is InChI=1S/C18H16F3IN4O/c1-2-3-8-23-18-26-25-17(27-18)11-5-6-12(19)15(21)16(11)24-14-7-4-10(22)9-13(14)20/h4-7,9,24H,2-3,8H2,1H3,(H,23,26). The molecule has 0 bridgehead atoms. The van der Waals surface area contributed by atoms with Crippen LogP contribution in [0.4, 0.5) is 30.6 Å². The van der Waals surface area contributed by atoms with Gasteiger partial charge in [-0.05, 0) is 59.3 Å². The van der Waals surface area contributed by atoms with Gasteiger partial charge in [-0.1, -0.05) is 18.4 Å². The molecule has 2 N–H and O–H groups in total. The number of hydrogen-bond acceptors (Lipinski definition) is 5. The fraction of sp³-hybridized carbons (Fsp3) is 0.222. The van der Waals surface area contributed by atoms with E-state index in [4.69, 9.17) is 4.42 Å². The average Bonchev–Trinajstić information content (AvgIpc) is 3.10. The van der Waals surface area contributed by atoms with Crippen LogP contribution in [0.25, 0.3) is 11.5 Å². The molecule has 0 fully saturated rings. The molecule has 0 saturated carbocycles. The molecule has 0 unspecified atom stereocenters. The lowest BCUT2D eigenvalue weighted by atomic mass is 10.1. The summed E-state index contributed by atoms with van der Waals surface area (Å²) in [6.07, 6.45) is 1.91. The zero-order valence-corrected chi connectivity index (χ0v) is 16.5. The van der Waals surface area contributed by atoms with Crippen LogP contribution in [0.5, 0.6) is 0 Å². The molecule has 0 spiro atoms. The molecule has 0 aliphatic carbocycles. The average molecular weight is 488 g/mol. The molecule has 0 aliphatic heterocycles. The summed E-state index contributed by atoms with van der Waals surface area (Å²) in [5.74, 6) is -2.84. The van der Waals surface area contributed by atoms with Gasteiger partial charge in [-0.25, -0.2) is 13.2 Å². The molecular formula is C18H16F3IN4O. The second-order valence-electron chi connectivity index (χ2n) is 5.73. The molecule has 9 heteroatoms. The van der Waals surface area contributed by atoms with Crippen molar-refractivity contribution >= 4 is 40.0 Å². The Balaban J connectivity index is 1.95. The van der Waals surface area contributed by atoms with Gasteiger partial charge in [0.05, 0.1) is 16.9 Å².